The Balaban J connectivity index is 2.02. The van der Waals surface area contributed by atoms with Crippen molar-refractivity contribution >= 4 is 5.91 Å². The lowest BCUT2D eigenvalue weighted by atomic mass is 9.99. The first-order valence-corrected chi connectivity index (χ1v) is 4.29. The van der Waals surface area contributed by atoms with Gasteiger partial charge in [0.2, 0.25) is 5.91 Å². The van der Waals surface area contributed by atoms with Crippen molar-refractivity contribution in [1.82, 2.24) is 10.6 Å². The van der Waals surface area contributed by atoms with Gasteiger partial charge in [0, 0.05) is 13.1 Å². The quantitative estimate of drug-likeness (QED) is 0.552. The molecule has 62 valence electrons. The normalized spacial score (nSPS) is 41.0. The first-order chi connectivity index (χ1) is 5.31. The van der Waals surface area contributed by atoms with E-state index in [0.717, 1.165) is 0 Å². The molecule has 2 N–H and O–H groups in total. The highest BCUT2D eigenvalue weighted by atomic mass is 16.2. The van der Waals surface area contributed by atoms with Crippen LogP contribution in [0.4, 0.5) is 0 Å². The van der Waals surface area contributed by atoms with Crippen LogP contribution in [0, 0.1) is 5.92 Å². The zero-order chi connectivity index (χ0) is 7.84. The fourth-order valence-corrected chi connectivity index (χ4v) is 2.31. The van der Waals surface area contributed by atoms with E-state index in [2.05, 4.69) is 10.6 Å². The van der Waals surface area contributed by atoms with Crippen LogP contribution in [0.25, 0.3) is 0 Å². The van der Waals surface area contributed by atoms with E-state index in [-0.39, 0.29) is 11.9 Å². The number of amides is 1. The highest BCUT2D eigenvalue weighted by Crippen LogP contribution is 2.34. The number of fused-ring (bicyclic) bond motifs is 2. The summed E-state index contributed by atoms with van der Waals surface area (Å²) in [6, 6.07) is 0.737. The molecule has 1 saturated heterocycles. The van der Waals surface area contributed by atoms with Gasteiger partial charge in [-0.15, -0.1) is 0 Å². The van der Waals surface area contributed by atoms with Crippen LogP contribution < -0.4 is 10.6 Å². The summed E-state index contributed by atoms with van der Waals surface area (Å²) in [6.07, 6.45) is 3.70. The summed E-state index contributed by atoms with van der Waals surface area (Å²) < 4.78 is 0. The van der Waals surface area contributed by atoms with Crippen molar-refractivity contribution in [2.75, 3.05) is 7.05 Å². The molecular formula is C8H14N2O. The van der Waals surface area contributed by atoms with E-state index in [9.17, 15) is 4.79 Å². The fraction of sp³-hybridized carbons (Fsp3) is 0.875. The first kappa shape index (κ1) is 7.10. The minimum atomic E-state index is 0.110. The summed E-state index contributed by atoms with van der Waals surface area (Å²) in [4.78, 5) is 11.2. The van der Waals surface area contributed by atoms with E-state index in [1.54, 1.807) is 7.05 Å². The largest absolute Gasteiger partial charge is 0.358 e. The molecule has 0 unspecified atom stereocenters. The maximum absolute atomic E-state index is 11.2. The van der Waals surface area contributed by atoms with Crippen molar-refractivity contribution < 1.29 is 4.79 Å². The van der Waals surface area contributed by atoms with Crippen LogP contribution in [0.2, 0.25) is 0 Å². The molecule has 1 saturated carbocycles. The van der Waals surface area contributed by atoms with E-state index in [1.807, 2.05) is 0 Å². The van der Waals surface area contributed by atoms with Gasteiger partial charge in [0.1, 0.15) is 0 Å². The smallest absolute Gasteiger partial charge is 0.237 e. The summed E-state index contributed by atoms with van der Waals surface area (Å²) in [7, 11) is 1.70. The molecule has 11 heavy (non-hydrogen) atoms. The SMILES string of the molecule is CNC(=O)[C@H]1N[C@H]2CC[C@H]1C2. The Kier molecular flexibility index (Phi) is 1.60. The Bertz CT molecular complexity index is 181. The van der Waals surface area contributed by atoms with E-state index < -0.39 is 0 Å². The summed E-state index contributed by atoms with van der Waals surface area (Å²) in [6.45, 7) is 0. The molecule has 1 heterocycles. The Labute approximate surface area is 66.5 Å². The van der Waals surface area contributed by atoms with Crippen molar-refractivity contribution in [1.29, 1.82) is 0 Å². The Morgan fingerprint density at radius 3 is 2.82 bits per heavy atom. The van der Waals surface area contributed by atoms with Crippen LogP contribution in [0.3, 0.4) is 0 Å². The van der Waals surface area contributed by atoms with E-state index in [0.29, 0.717) is 12.0 Å². The Morgan fingerprint density at radius 2 is 2.36 bits per heavy atom. The highest BCUT2D eigenvalue weighted by molar-refractivity contribution is 5.82. The number of nitrogens with one attached hydrogen (secondary N) is 2. The van der Waals surface area contributed by atoms with Crippen molar-refractivity contribution in [3.63, 3.8) is 0 Å². The van der Waals surface area contributed by atoms with Gasteiger partial charge in [-0.1, -0.05) is 0 Å². The summed E-state index contributed by atoms with van der Waals surface area (Å²) >= 11 is 0. The van der Waals surface area contributed by atoms with Gasteiger partial charge in [-0.05, 0) is 25.2 Å². The standard InChI is InChI=1S/C8H14N2O/c1-9-8(11)7-5-2-3-6(4-5)10-7/h5-7,10H,2-4H2,1H3,(H,9,11)/t5-,6-,7-/m0/s1. The monoisotopic (exact) mass is 154 g/mol. The van der Waals surface area contributed by atoms with Gasteiger partial charge in [-0.2, -0.15) is 0 Å². The Hall–Kier alpha value is -0.570. The minimum Gasteiger partial charge on any atom is -0.358 e. The number of piperidine rings is 1. The molecule has 0 aromatic carbocycles. The lowest BCUT2D eigenvalue weighted by Gasteiger charge is -2.20. The molecule has 2 rings (SSSR count). The lowest BCUT2D eigenvalue weighted by molar-refractivity contribution is -0.123. The van der Waals surface area contributed by atoms with E-state index in [4.69, 9.17) is 0 Å². The molecule has 1 aliphatic heterocycles. The molecular weight excluding hydrogens is 140 g/mol. The highest BCUT2D eigenvalue weighted by Gasteiger charge is 2.42. The second kappa shape index (κ2) is 2.48. The van der Waals surface area contributed by atoms with Crippen LogP contribution in [-0.2, 0) is 4.79 Å². The predicted octanol–water partition coefficient (Wildman–Crippen LogP) is -0.127. The van der Waals surface area contributed by atoms with Gasteiger partial charge in [0.05, 0.1) is 6.04 Å². The molecule has 0 radical (unpaired) electrons. The van der Waals surface area contributed by atoms with Gasteiger partial charge in [-0.3, -0.25) is 4.79 Å². The molecule has 0 spiro atoms. The predicted molar refractivity (Wildman–Crippen MR) is 42.1 cm³/mol. The second-order valence-electron chi connectivity index (χ2n) is 3.53. The van der Waals surface area contributed by atoms with E-state index >= 15 is 0 Å². The topological polar surface area (TPSA) is 41.1 Å². The number of carbonyl (C=O) groups excluding carboxylic acids is 1. The molecule has 3 nitrogen and oxygen atoms in total. The summed E-state index contributed by atoms with van der Waals surface area (Å²) in [5, 5.41) is 6.02. The third-order valence-corrected chi connectivity index (χ3v) is 2.89. The van der Waals surface area contributed by atoms with Crippen molar-refractivity contribution in [3.8, 4) is 0 Å². The molecule has 0 aromatic rings. The summed E-state index contributed by atoms with van der Waals surface area (Å²) in [5.74, 6) is 0.775. The van der Waals surface area contributed by atoms with Crippen LogP contribution in [-0.4, -0.2) is 25.0 Å². The molecule has 1 aliphatic carbocycles. The molecule has 3 heteroatoms. The van der Waals surface area contributed by atoms with Gasteiger partial charge < -0.3 is 10.6 Å². The fourth-order valence-electron chi connectivity index (χ4n) is 2.31. The van der Waals surface area contributed by atoms with Gasteiger partial charge in [0.15, 0.2) is 0 Å². The van der Waals surface area contributed by atoms with Gasteiger partial charge >= 0.3 is 0 Å². The molecule has 2 fully saturated rings. The molecule has 3 atom stereocenters. The first-order valence-electron chi connectivity index (χ1n) is 4.29. The number of likely N-dealkylation sites (N-methyl/N-ethyl adjacent to an activating group) is 1. The zero-order valence-corrected chi connectivity index (χ0v) is 6.76. The van der Waals surface area contributed by atoms with Crippen molar-refractivity contribution in [3.05, 3.63) is 0 Å². The van der Waals surface area contributed by atoms with Gasteiger partial charge in [0.25, 0.3) is 0 Å². The summed E-state index contributed by atoms with van der Waals surface area (Å²) in [5.41, 5.74) is 0. The molecule has 2 bridgehead atoms. The lowest BCUT2D eigenvalue weighted by Crippen LogP contribution is -2.46. The van der Waals surface area contributed by atoms with Gasteiger partial charge in [-0.25, -0.2) is 0 Å². The maximum Gasteiger partial charge on any atom is 0.237 e. The van der Waals surface area contributed by atoms with Crippen LogP contribution in [0.1, 0.15) is 19.3 Å². The van der Waals surface area contributed by atoms with E-state index in [1.165, 1.54) is 19.3 Å². The number of carbonyl (C=O) groups is 1. The third kappa shape index (κ3) is 1.03. The van der Waals surface area contributed by atoms with Crippen molar-refractivity contribution in [2.45, 2.75) is 31.3 Å². The Morgan fingerprint density at radius 1 is 1.55 bits per heavy atom. The average molecular weight is 154 g/mol. The average Bonchev–Trinajstić information content (AvgIpc) is 2.62. The van der Waals surface area contributed by atoms with Crippen LogP contribution in [0.5, 0.6) is 0 Å². The molecule has 0 aromatic heterocycles. The molecule has 2 aliphatic rings. The maximum atomic E-state index is 11.2. The second-order valence-corrected chi connectivity index (χ2v) is 3.53. The third-order valence-electron chi connectivity index (χ3n) is 2.89. The molecule has 1 amide bonds. The zero-order valence-electron chi connectivity index (χ0n) is 6.76. The minimum absolute atomic E-state index is 0.110. The van der Waals surface area contributed by atoms with Crippen molar-refractivity contribution in [2.24, 2.45) is 5.92 Å². The number of hydrogen-bond acceptors (Lipinski definition) is 2. The van der Waals surface area contributed by atoms with Crippen LogP contribution >= 0.6 is 0 Å². The number of rotatable bonds is 1. The number of hydrogen-bond donors (Lipinski definition) is 2. The van der Waals surface area contributed by atoms with Crippen LogP contribution in [0.15, 0.2) is 0 Å².